The van der Waals surface area contributed by atoms with Crippen molar-refractivity contribution >= 4 is 5.91 Å². The van der Waals surface area contributed by atoms with E-state index in [2.05, 4.69) is 36.3 Å². The van der Waals surface area contributed by atoms with Gasteiger partial charge in [0.25, 0.3) is 0 Å². The topological polar surface area (TPSA) is 86.8 Å². The molecule has 1 aromatic rings. The minimum absolute atomic E-state index is 0.0203. The fraction of sp³-hybridized carbons (Fsp3) is 0.778. The molecule has 1 saturated carbocycles. The number of nitrogens with one attached hydrogen (secondary N) is 1. The van der Waals surface area contributed by atoms with Gasteiger partial charge in [-0.25, -0.2) is 4.39 Å². The molecule has 1 saturated heterocycles. The van der Waals surface area contributed by atoms with Gasteiger partial charge in [0.05, 0.1) is 38.1 Å². The number of likely N-dealkylation sites (tertiary alicyclic amines) is 1. The molecule has 26 heavy (non-hydrogen) atoms. The first-order chi connectivity index (χ1) is 12.3. The van der Waals surface area contributed by atoms with Crippen LogP contribution in [-0.4, -0.2) is 56.6 Å². The third-order valence-corrected chi connectivity index (χ3v) is 6.63. The molecule has 1 amide bonds. The zero-order chi connectivity index (χ0) is 18.9. The Labute approximate surface area is 153 Å². The van der Waals surface area contributed by atoms with Crippen LogP contribution in [0, 0.1) is 22.7 Å². The van der Waals surface area contributed by atoms with Crippen molar-refractivity contribution < 1.29 is 9.18 Å². The maximum atomic E-state index is 13.6. The summed E-state index contributed by atoms with van der Waals surface area (Å²) in [6, 6.07) is 1.38. The molecule has 7 nitrogen and oxygen atoms in total. The Kier molecular flexibility index (Phi) is 5.02. The van der Waals surface area contributed by atoms with E-state index in [0.29, 0.717) is 5.92 Å². The number of hydrogen-bond donors (Lipinski definition) is 1. The zero-order valence-electron chi connectivity index (χ0n) is 15.7. The van der Waals surface area contributed by atoms with Crippen LogP contribution in [0.15, 0.2) is 12.4 Å². The average Bonchev–Trinajstić information content (AvgIpc) is 3.29. The Morgan fingerprint density at radius 3 is 2.73 bits per heavy atom. The molecule has 1 aliphatic heterocycles. The molecule has 1 aromatic heterocycles. The third-order valence-electron chi connectivity index (χ3n) is 6.63. The molecule has 1 aliphatic carbocycles. The first kappa shape index (κ1) is 18.8. The van der Waals surface area contributed by atoms with E-state index in [9.17, 15) is 9.18 Å². The maximum absolute atomic E-state index is 13.6. The lowest BCUT2D eigenvalue weighted by Crippen LogP contribution is -2.55. The van der Waals surface area contributed by atoms with E-state index in [1.54, 1.807) is 17.2 Å². The second-order valence-corrected chi connectivity index (χ2v) is 8.25. The van der Waals surface area contributed by atoms with Crippen molar-refractivity contribution in [1.82, 2.24) is 25.2 Å². The van der Waals surface area contributed by atoms with Crippen molar-refractivity contribution in [2.75, 3.05) is 13.1 Å². The highest BCUT2D eigenvalue weighted by Gasteiger charge is 2.51. The van der Waals surface area contributed by atoms with Gasteiger partial charge in [-0.1, -0.05) is 13.8 Å². The van der Waals surface area contributed by atoms with Gasteiger partial charge in [0.2, 0.25) is 5.91 Å². The predicted molar refractivity (Wildman–Crippen MR) is 93.6 cm³/mol. The Balaban J connectivity index is 1.62. The largest absolute Gasteiger partial charge is 0.323 e. The molecule has 0 spiro atoms. The predicted octanol–water partition coefficient (Wildman–Crippen LogP) is 1.53. The second-order valence-electron chi connectivity index (χ2n) is 8.25. The zero-order valence-corrected chi connectivity index (χ0v) is 15.7. The van der Waals surface area contributed by atoms with Crippen molar-refractivity contribution in [1.29, 1.82) is 5.26 Å². The van der Waals surface area contributed by atoms with Crippen molar-refractivity contribution in [2.45, 2.75) is 64.3 Å². The van der Waals surface area contributed by atoms with E-state index in [-0.39, 0.29) is 36.4 Å². The summed E-state index contributed by atoms with van der Waals surface area (Å²) in [6.07, 6.45) is 4.32. The van der Waals surface area contributed by atoms with E-state index in [1.807, 2.05) is 6.07 Å². The van der Waals surface area contributed by atoms with E-state index in [1.165, 1.54) is 4.90 Å². The van der Waals surface area contributed by atoms with Crippen molar-refractivity contribution in [3.05, 3.63) is 12.4 Å². The molecule has 2 aliphatic rings. The van der Waals surface area contributed by atoms with Crippen LogP contribution >= 0.6 is 0 Å². The smallest absolute Gasteiger partial charge is 0.237 e. The molecule has 0 aromatic carbocycles. The van der Waals surface area contributed by atoms with Gasteiger partial charge >= 0.3 is 0 Å². The van der Waals surface area contributed by atoms with Crippen molar-refractivity contribution in [3.8, 4) is 6.07 Å². The van der Waals surface area contributed by atoms with Crippen LogP contribution in [0.1, 0.15) is 40.0 Å². The van der Waals surface area contributed by atoms with Gasteiger partial charge in [-0.05, 0) is 31.1 Å². The van der Waals surface area contributed by atoms with Gasteiger partial charge in [-0.15, -0.1) is 0 Å². The molecule has 3 rings (SSSR count). The number of halogens is 1. The van der Waals surface area contributed by atoms with Crippen molar-refractivity contribution in [2.24, 2.45) is 11.3 Å². The van der Waals surface area contributed by atoms with Crippen LogP contribution in [0.5, 0.6) is 0 Å². The van der Waals surface area contributed by atoms with Crippen molar-refractivity contribution in [3.63, 3.8) is 0 Å². The second kappa shape index (κ2) is 6.95. The highest BCUT2D eigenvalue weighted by molar-refractivity contribution is 5.79. The number of nitriles is 1. The number of hydrogen-bond acceptors (Lipinski definition) is 5. The van der Waals surface area contributed by atoms with E-state index in [0.717, 1.165) is 19.4 Å². The van der Waals surface area contributed by atoms with Crippen LogP contribution in [0.2, 0.25) is 0 Å². The summed E-state index contributed by atoms with van der Waals surface area (Å²) in [4.78, 5) is 15.6. The summed E-state index contributed by atoms with van der Waals surface area (Å²) in [7, 11) is 0. The highest BCUT2D eigenvalue weighted by atomic mass is 19.1. The highest BCUT2D eigenvalue weighted by Crippen LogP contribution is 2.50. The molecule has 142 valence electrons. The molecule has 0 radical (unpaired) electrons. The lowest BCUT2D eigenvalue weighted by molar-refractivity contribution is -0.131. The minimum atomic E-state index is -1.10. The number of carbonyl (C=O) groups excluding carboxylic acids is 1. The molecule has 0 bridgehead atoms. The SMILES string of the molecule is CC1(NCC(=O)N2CC(F)CC2C#N)CCC(Cn2nccn2)C1(C)C. The quantitative estimate of drug-likeness (QED) is 0.858. The van der Waals surface area contributed by atoms with Crippen LogP contribution in [0.4, 0.5) is 4.39 Å². The van der Waals surface area contributed by atoms with Crippen LogP contribution in [-0.2, 0) is 11.3 Å². The summed E-state index contributed by atoms with van der Waals surface area (Å²) in [5.41, 5.74) is -0.291. The summed E-state index contributed by atoms with van der Waals surface area (Å²) in [5.74, 6) is 0.183. The Bertz CT molecular complexity index is 684. The molecule has 4 atom stereocenters. The molecule has 2 heterocycles. The van der Waals surface area contributed by atoms with Crippen LogP contribution < -0.4 is 5.32 Å². The Hall–Kier alpha value is -2.01. The number of aromatic nitrogens is 3. The van der Waals surface area contributed by atoms with Crippen LogP contribution in [0.25, 0.3) is 0 Å². The summed E-state index contributed by atoms with van der Waals surface area (Å²) in [5, 5.41) is 21.0. The average molecular weight is 362 g/mol. The van der Waals surface area contributed by atoms with E-state index >= 15 is 0 Å². The third kappa shape index (κ3) is 3.32. The fourth-order valence-electron chi connectivity index (χ4n) is 4.32. The summed E-state index contributed by atoms with van der Waals surface area (Å²) < 4.78 is 13.6. The Morgan fingerprint density at radius 1 is 1.38 bits per heavy atom. The Morgan fingerprint density at radius 2 is 2.08 bits per heavy atom. The molecule has 4 unspecified atom stereocenters. The minimum Gasteiger partial charge on any atom is -0.323 e. The standard InChI is InChI=1S/C18H27FN6O/c1-17(2)13(11-25-22-6-7-23-25)4-5-18(17,3)21-10-16(26)24-12-14(19)8-15(24)9-20/h6-7,13-15,21H,4-5,8,10-12H2,1-3H3. The number of rotatable bonds is 5. The maximum Gasteiger partial charge on any atom is 0.237 e. The molecule has 1 N–H and O–H groups in total. The van der Waals surface area contributed by atoms with Gasteiger partial charge in [-0.2, -0.15) is 20.3 Å². The first-order valence-electron chi connectivity index (χ1n) is 9.19. The number of amides is 1. The summed E-state index contributed by atoms with van der Waals surface area (Å²) >= 11 is 0. The molecule has 8 heteroatoms. The summed E-state index contributed by atoms with van der Waals surface area (Å²) in [6.45, 7) is 7.44. The van der Waals surface area contributed by atoms with Gasteiger partial charge in [0.15, 0.2) is 0 Å². The van der Waals surface area contributed by atoms with Gasteiger partial charge in [-0.3, -0.25) is 4.79 Å². The molecular formula is C18H27FN6O. The molecule has 2 fully saturated rings. The van der Waals surface area contributed by atoms with Gasteiger partial charge in [0.1, 0.15) is 12.2 Å². The number of alkyl halides is 1. The number of carbonyl (C=O) groups is 1. The van der Waals surface area contributed by atoms with E-state index in [4.69, 9.17) is 5.26 Å². The fourth-order valence-corrected chi connectivity index (χ4v) is 4.32. The van der Waals surface area contributed by atoms with Gasteiger partial charge in [0, 0.05) is 12.0 Å². The van der Waals surface area contributed by atoms with Crippen LogP contribution in [0.3, 0.4) is 0 Å². The molecular weight excluding hydrogens is 335 g/mol. The van der Waals surface area contributed by atoms with Gasteiger partial charge < -0.3 is 10.2 Å². The lowest BCUT2D eigenvalue weighted by Gasteiger charge is -2.42. The van der Waals surface area contributed by atoms with E-state index < -0.39 is 12.2 Å². The number of nitrogens with zero attached hydrogens (tertiary/aromatic N) is 5. The first-order valence-corrected chi connectivity index (χ1v) is 9.19. The monoisotopic (exact) mass is 362 g/mol. The lowest BCUT2D eigenvalue weighted by atomic mass is 9.71. The normalized spacial score (nSPS) is 33.3.